The molecule has 1 saturated heterocycles. The Labute approximate surface area is 201 Å². The fraction of sp³-hybridized carbons (Fsp3) is 0.571. The van der Waals surface area contributed by atoms with Crippen molar-refractivity contribution in [3.05, 3.63) is 47.0 Å². The quantitative estimate of drug-likeness (QED) is 0.467. The molecule has 33 heavy (non-hydrogen) atoms. The zero-order valence-corrected chi connectivity index (χ0v) is 20.7. The van der Waals surface area contributed by atoms with Crippen LogP contribution >= 0.6 is 11.8 Å². The minimum absolute atomic E-state index is 0.0403. The highest BCUT2D eigenvalue weighted by molar-refractivity contribution is 8.15. The van der Waals surface area contributed by atoms with Gasteiger partial charge < -0.3 is 4.74 Å². The fourth-order valence-corrected chi connectivity index (χ4v) is 6.99. The molecule has 0 aromatic heterocycles. The van der Waals surface area contributed by atoms with Gasteiger partial charge >= 0.3 is 0 Å². The zero-order chi connectivity index (χ0) is 22.9. The molecular formula is C28H35NO3S. The molecule has 2 aromatic rings. The molecule has 2 amide bonds. The molecule has 3 fully saturated rings. The molecule has 4 nitrogen and oxygen atoms in total. The molecule has 0 radical (unpaired) electrons. The van der Waals surface area contributed by atoms with Gasteiger partial charge in [-0.2, -0.15) is 0 Å². The summed E-state index contributed by atoms with van der Waals surface area (Å²) in [5, 5.41) is 1.79. The van der Waals surface area contributed by atoms with E-state index in [2.05, 4.69) is 44.2 Å². The van der Waals surface area contributed by atoms with Crippen LogP contribution < -0.4 is 0 Å². The molecule has 2 aliphatic carbocycles. The minimum Gasteiger partial charge on any atom is -0.369 e. The third kappa shape index (κ3) is 4.72. The third-order valence-corrected chi connectivity index (χ3v) is 8.80. The van der Waals surface area contributed by atoms with E-state index in [1.165, 1.54) is 53.8 Å². The molecule has 2 aromatic carbocycles. The van der Waals surface area contributed by atoms with E-state index >= 15 is 0 Å². The molecule has 0 N–H and O–H groups in total. The molecule has 2 unspecified atom stereocenters. The normalized spacial score (nSPS) is 24.1. The Balaban J connectivity index is 1.51. The molecule has 5 rings (SSSR count). The number of thioether (sulfide) groups is 1. The number of ether oxygens (including phenoxy) is 1. The van der Waals surface area contributed by atoms with Crippen LogP contribution in [0.4, 0.5) is 4.79 Å². The van der Waals surface area contributed by atoms with E-state index in [4.69, 9.17) is 4.74 Å². The first-order valence-corrected chi connectivity index (χ1v) is 13.6. The van der Waals surface area contributed by atoms with Gasteiger partial charge in [0.2, 0.25) is 5.91 Å². The second kappa shape index (κ2) is 9.79. The summed E-state index contributed by atoms with van der Waals surface area (Å²) in [5.41, 5.74) is 3.40. The van der Waals surface area contributed by atoms with Crippen LogP contribution in [0.5, 0.6) is 0 Å². The average molecular weight is 466 g/mol. The van der Waals surface area contributed by atoms with Gasteiger partial charge in [0.25, 0.3) is 5.24 Å². The molecule has 1 aliphatic heterocycles. The maximum absolute atomic E-state index is 13.7. The van der Waals surface area contributed by atoms with Crippen molar-refractivity contribution in [2.45, 2.75) is 102 Å². The zero-order valence-electron chi connectivity index (χ0n) is 19.8. The largest absolute Gasteiger partial charge is 0.369 e. The van der Waals surface area contributed by atoms with Crippen molar-refractivity contribution < 1.29 is 14.3 Å². The van der Waals surface area contributed by atoms with Gasteiger partial charge in [0.05, 0.1) is 6.10 Å². The summed E-state index contributed by atoms with van der Waals surface area (Å²) in [4.78, 5) is 28.4. The van der Waals surface area contributed by atoms with Crippen molar-refractivity contribution in [1.29, 1.82) is 0 Å². The van der Waals surface area contributed by atoms with Crippen LogP contribution in [0, 0.1) is 13.8 Å². The highest BCUT2D eigenvalue weighted by Gasteiger charge is 2.48. The van der Waals surface area contributed by atoms with Gasteiger partial charge in [-0.3, -0.25) is 14.5 Å². The Morgan fingerprint density at radius 3 is 2.30 bits per heavy atom. The van der Waals surface area contributed by atoms with Crippen LogP contribution in [0.3, 0.4) is 0 Å². The summed E-state index contributed by atoms with van der Waals surface area (Å²) in [7, 11) is 0. The summed E-state index contributed by atoms with van der Waals surface area (Å²) in [6.45, 7) is 4.21. The molecule has 2 atom stereocenters. The second-order valence-corrected chi connectivity index (χ2v) is 11.3. The first kappa shape index (κ1) is 22.9. The SMILES string of the molecule is Cc1ccc2cc(C)c(C(OC3CCCCC3)C3SC(=O)N(C4CCCCC4)C3=O)cc2c1. The average Bonchev–Trinajstić information content (AvgIpc) is 3.12. The summed E-state index contributed by atoms with van der Waals surface area (Å²) in [6.07, 6.45) is 10.7. The first-order valence-electron chi connectivity index (χ1n) is 12.7. The maximum atomic E-state index is 13.7. The van der Waals surface area contributed by atoms with E-state index in [1.54, 1.807) is 4.90 Å². The van der Waals surface area contributed by atoms with Crippen LogP contribution in [0.2, 0.25) is 0 Å². The van der Waals surface area contributed by atoms with Gasteiger partial charge in [0.15, 0.2) is 0 Å². The van der Waals surface area contributed by atoms with Gasteiger partial charge in [-0.25, -0.2) is 0 Å². The molecule has 1 heterocycles. The van der Waals surface area contributed by atoms with Crippen molar-refractivity contribution in [2.75, 3.05) is 0 Å². The summed E-state index contributed by atoms with van der Waals surface area (Å²) >= 11 is 1.20. The van der Waals surface area contributed by atoms with Gasteiger partial charge in [-0.15, -0.1) is 0 Å². The Morgan fingerprint density at radius 1 is 0.879 bits per heavy atom. The molecule has 176 valence electrons. The highest BCUT2D eigenvalue weighted by Crippen LogP contribution is 2.43. The number of hydrogen-bond donors (Lipinski definition) is 0. The summed E-state index contributed by atoms with van der Waals surface area (Å²) in [5.74, 6) is -0.0403. The Hall–Kier alpha value is -1.85. The Kier molecular flexibility index (Phi) is 6.80. The van der Waals surface area contributed by atoms with E-state index in [-0.39, 0.29) is 23.3 Å². The number of benzene rings is 2. The number of nitrogens with zero attached hydrogens (tertiary/aromatic N) is 1. The highest BCUT2D eigenvalue weighted by atomic mass is 32.2. The molecule has 2 saturated carbocycles. The molecule has 5 heteroatoms. The lowest BCUT2D eigenvalue weighted by molar-refractivity contribution is -0.133. The van der Waals surface area contributed by atoms with Crippen LogP contribution in [-0.4, -0.2) is 33.4 Å². The number of carbonyl (C=O) groups is 2. The predicted octanol–water partition coefficient (Wildman–Crippen LogP) is 7.24. The van der Waals surface area contributed by atoms with Gasteiger partial charge in [-0.05, 0) is 79.3 Å². The molecular weight excluding hydrogens is 430 g/mol. The first-order chi connectivity index (χ1) is 16.0. The van der Waals surface area contributed by atoms with Crippen molar-refractivity contribution >= 4 is 33.7 Å². The van der Waals surface area contributed by atoms with Crippen molar-refractivity contribution in [2.24, 2.45) is 0 Å². The standard InChI is InChI=1S/C28H35NO3S/c1-18-13-14-20-16-19(2)24(17-21(20)15-18)25(32-23-11-7-4-8-12-23)26-27(30)29(28(31)33-26)22-9-5-3-6-10-22/h13-17,22-23,25-26H,3-12H2,1-2H3. The fourth-order valence-electron chi connectivity index (χ4n) is 5.87. The molecule has 3 aliphatic rings. The van der Waals surface area contributed by atoms with E-state index in [0.717, 1.165) is 49.7 Å². The van der Waals surface area contributed by atoms with E-state index in [9.17, 15) is 9.59 Å². The number of rotatable bonds is 5. The van der Waals surface area contributed by atoms with E-state index in [0.29, 0.717) is 0 Å². The number of fused-ring (bicyclic) bond motifs is 1. The number of aryl methyl sites for hydroxylation is 2. The van der Waals surface area contributed by atoms with Gasteiger partial charge in [0.1, 0.15) is 11.4 Å². The Morgan fingerprint density at radius 2 is 1.58 bits per heavy atom. The lowest BCUT2D eigenvalue weighted by atomic mass is 9.92. The van der Waals surface area contributed by atoms with Crippen LogP contribution in [0.15, 0.2) is 30.3 Å². The van der Waals surface area contributed by atoms with Crippen LogP contribution in [0.25, 0.3) is 10.8 Å². The topological polar surface area (TPSA) is 46.6 Å². The second-order valence-electron chi connectivity index (χ2n) is 10.2. The smallest absolute Gasteiger partial charge is 0.289 e. The monoisotopic (exact) mass is 465 g/mol. The number of imide groups is 1. The summed E-state index contributed by atoms with van der Waals surface area (Å²) < 4.78 is 6.76. The molecule has 0 spiro atoms. The lowest BCUT2D eigenvalue weighted by Gasteiger charge is -2.32. The lowest BCUT2D eigenvalue weighted by Crippen LogP contribution is -2.43. The van der Waals surface area contributed by atoms with Gasteiger partial charge in [-0.1, -0.05) is 68.4 Å². The van der Waals surface area contributed by atoms with Crippen molar-refractivity contribution in [1.82, 2.24) is 4.90 Å². The van der Waals surface area contributed by atoms with Crippen molar-refractivity contribution in [3.8, 4) is 0 Å². The van der Waals surface area contributed by atoms with Crippen LogP contribution in [-0.2, 0) is 9.53 Å². The predicted molar refractivity (Wildman–Crippen MR) is 135 cm³/mol. The number of carbonyl (C=O) groups excluding carboxylic acids is 2. The number of hydrogen-bond acceptors (Lipinski definition) is 4. The Bertz CT molecular complexity index is 1040. The maximum Gasteiger partial charge on any atom is 0.289 e. The number of amides is 2. The van der Waals surface area contributed by atoms with Crippen molar-refractivity contribution in [3.63, 3.8) is 0 Å². The summed E-state index contributed by atoms with van der Waals surface area (Å²) in [6, 6.07) is 10.9. The van der Waals surface area contributed by atoms with E-state index in [1.807, 2.05) is 0 Å². The minimum atomic E-state index is -0.498. The third-order valence-electron chi connectivity index (χ3n) is 7.70. The van der Waals surface area contributed by atoms with E-state index < -0.39 is 11.4 Å². The molecule has 0 bridgehead atoms. The van der Waals surface area contributed by atoms with Crippen LogP contribution in [0.1, 0.15) is 87.0 Å². The van der Waals surface area contributed by atoms with Gasteiger partial charge in [0, 0.05) is 6.04 Å².